The van der Waals surface area contributed by atoms with Crippen molar-refractivity contribution >= 4 is 48.2 Å². The number of rotatable bonds is 6. The maximum absolute atomic E-state index is 13.2. The Bertz CT molecular complexity index is 1860. The summed E-state index contributed by atoms with van der Waals surface area (Å²) in [5, 5.41) is 34.9. The molecule has 0 aliphatic carbocycles. The van der Waals surface area contributed by atoms with E-state index >= 15 is 0 Å². The normalized spacial score (nSPS) is 17.8. The first-order valence-electron chi connectivity index (χ1n) is 12.8. The lowest BCUT2D eigenvalue weighted by molar-refractivity contribution is 0.0630. The predicted molar refractivity (Wildman–Crippen MR) is 158 cm³/mol. The number of β-amino-alcohol motifs (C(OH)–C–C–N with tert-alkyl or cyclic N) is 1. The fourth-order valence-electron chi connectivity index (χ4n) is 5.19. The predicted octanol–water partition coefficient (Wildman–Crippen LogP) is 4.16. The maximum atomic E-state index is 13.2. The average molecular weight is 634 g/mol. The second-order valence-electron chi connectivity index (χ2n) is 10.2. The molecule has 13 heteroatoms. The van der Waals surface area contributed by atoms with Crippen molar-refractivity contribution in [2.24, 2.45) is 0 Å². The molecule has 0 saturated carbocycles. The Morgan fingerprint density at radius 3 is 2.50 bits per heavy atom. The highest BCUT2D eigenvalue weighted by atomic mass is 35.7. The molecule has 4 N–H and O–H groups in total. The standard InChI is InChI=1S/C29H26Cl2N2O8S/c1-33-10-9-18(23(37)14-33)25-20(34)11-21(35)26-22(36)12-24(41-28(25)26)19-4-2-3-16(27(19)30)13-32-29(38)15-5-7-17(8-6-15)42(31,39)40/h2-8,11-12,18,23,34-35,37H,9-10,13-14H2,1H3,(H,32,38)/t18-,23-/m0/s1. The van der Waals surface area contributed by atoms with Crippen LogP contribution in [0.4, 0.5) is 0 Å². The maximum Gasteiger partial charge on any atom is 0.261 e. The molecule has 10 nitrogen and oxygen atoms in total. The van der Waals surface area contributed by atoms with E-state index in [1.807, 2.05) is 11.9 Å². The molecule has 1 fully saturated rings. The number of benzene rings is 3. The summed E-state index contributed by atoms with van der Waals surface area (Å²) in [4.78, 5) is 27.7. The van der Waals surface area contributed by atoms with Gasteiger partial charge >= 0.3 is 0 Å². The van der Waals surface area contributed by atoms with Gasteiger partial charge in [0.05, 0.1) is 16.0 Å². The summed E-state index contributed by atoms with van der Waals surface area (Å²) in [6.45, 7) is 0.989. The van der Waals surface area contributed by atoms with Gasteiger partial charge in [-0.15, -0.1) is 0 Å². The number of phenolic OH excluding ortho intramolecular Hbond substituents is 2. The molecule has 0 bridgehead atoms. The van der Waals surface area contributed by atoms with Crippen LogP contribution < -0.4 is 10.7 Å². The Kier molecular flexibility index (Phi) is 8.23. The van der Waals surface area contributed by atoms with Gasteiger partial charge in [-0.05, 0) is 55.9 Å². The van der Waals surface area contributed by atoms with Gasteiger partial charge in [-0.2, -0.15) is 0 Å². The first kappa shape index (κ1) is 29.9. The number of likely N-dealkylation sites (tertiary alicyclic amines) is 1. The average Bonchev–Trinajstić information content (AvgIpc) is 2.92. The number of hydrogen-bond acceptors (Lipinski definition) is 9. The second kappa shape index (κ2) is 11.6. The van der Waals surface area contributed by atoms with E-state index in [9.17, 15) is 33.3 Å². The number of nitrogens with zero attached hydrogens (tertiary/aromatic N) is 1. The Morgan fingerprint density at radius 1 is 1.12 bits per heavy atom. The molecule has 1 saturated heterocycles. The summed E-state index contributed by atoms with van der Waals surface area (Å²) < 4.78 is 29.0. The number of amides is 1. The summed E-state index contributed by atoms with van der Waals surface area (Å²) in [6, 6.07) is 12.3. The van der Waals surface area contributed by atoms with Crippen LogP contribution >= 0.6 is 22.3 Å². The van der Waals surface area contributed by atoms with Crippen LogP contribution in [0.1, 0.15) is 33.8 Å². The molecule has 0 unspecified atom stereocenters. The van der Waals surface area contributed by atoms with Gasteiger partial charge in [0.25, 0.3) is 15.0 Å². The van der Waals surface area contributed by atoms with Crippen LogP contribution in [0.5, 0.6) is 11.5 Å². The molecular formula is C29H26Cl2N2O8S. The molecule has 0 radical (unpaired) electrons. The van der Waals surface area contributed by atoms with Gasteiger partial charge < -0.3 is 30.0 Å². The third kappa shape index (κ3) is 5.83. The van der Waals surface area contributed by atoms with E-state index in [1.54, 1.807) is 18.2 Å². The highest BCUT2D eigenvalue weighted by Crippen LogP contribution is 2.43. The minimum absolute atomic E-state index is 0.00646. The van der Waals surface area contributed by atoms with Crippen LogP contribution in [0.15, 0.2) is 68.7 Å². The summed E-state index contributed by atoms with van der Waals surface area (Å²) in [6.07, 6.45) is -0.359. The number of piperidine rings is 1. The van der Waals surface area contributed by atoms with Gasteiger partial charge in [-0.25, -0.2) is 8.42 Å². The molecule has 3 aromatic carbocycles. The fourth-order valence-corrected chi connectivity index (χ4v) is 6.25. The van der Waals surface area contributed by atoms with Crippen LogP contribution in [0, 0.1) is 0 Å². The van der Waals surface area contributed by atoms with Gasteiger partial charge in [-0.3, -0.25) is 9.59 Å². The SMILES string of the molecule is CN1CC[C@H](c2c(O)cc(O)c3c(=O)cc(-c4cccc(CNC(=O)c5ccc(S(=O)(=O)Cl)cc5)c4Cl)oc23)[C@@H](O)C1. The molecule has 2 heterocycles. The number of phenols is 2. The van der Waals surface area contributed by atoms with E-state index in [-0.39, 0.29) is 50.1 Å². The van der Waals surface area contributed by atoms with Gasteiger partial charge in [0.15, 0.2) is 5.43 Å². The zero-order valence-electron chi connectivity index (χ0n) is 22.2. The Balaban J connectivity index is 1.49. The van der Waals surface area contributed by atoms with Crippen LogP contribution in [0.25, 0.3) is 22.3 Å². The molecule has 0 spiro atoms. The van der Waals surface area contributed by atoms with Crippen molar-refractivity contribution in [3.63, 3.8) is 0 Å². The van der Waals surface area contributed by atoms with Crippen molar-refractivity contribution in [3.05, 3.63) is 86.5 Å². The molecule has 2 atom stereocenters. The highest BCUT2D eigenvalue weighted by Gasteiger charge is 2.33. The number of nitrogens with one attached hydrogen (secondary N) is 1. The van der Waals surface area contributed by atoms with Crippen molar-refractivity contribution in [2.45, 2.75) is 29.9 Å². The Hall–Kier alpha value is -3.61. The van der Waals surface area contributed by atoms with Gasteiger partial charge in [0.2, 0.25) is 0 Å². The van der Waals surface area contributed by atoms with Crippen LogP contribution in [0.2, 0.25) is 5.02 Å². The molecule has 220 valence electrons. The van der Waals surface area contributed by atoms with Crippen LogP contribution in [-0.4, -0.2) is 60.8 Å². The molecule has 1 aliphatic heterocycles. The van der Waals surface area contributed by atoms with Crippen molar-refractivity contribution in [1.82, 2.24) is 10.2 Å². The summed E-state index contributed by atoms with van der Waals surface area (Å²) >= 11 is 6.70. The van der Waals surface area contributed by atoms with Gasteiger partial charge in [0, 0.05) is 58.5 Å². The summed E-state index contributed by atoms with van der Waals surface area (Å²) in [7, 11) is 3.27. The number of fused-ring (bicyclic) bond motifs is 1. The van der Waals surface area contributed by atoms with Crippen LogP contribution in [-0.2, 0) is 15.6 Å². The van der Waals surface area contributed by atoms with E-state index in [4.69, 9.17) is 26.7 Å². The second-order valence-corrected chi connectivity index (χ2v) is 13.1. The molecule has 1 aromatic heterocycles. The van der Waals surface area contributed by atoms with Gasteiger partial charge in [0.1, 0.15) is 28.2 Å². The minimum atomic E-state index is -3.92. The Morgan fingerprint density at radius 2 is 1.83 bits per heavy atom. The molecule has 1 amide bonds. The van der Waals surface area contributed by atoms with E-state index in [0.717, 1.165) is 6.07 Å². The van der Waals surface area contributed by atoms with E-state index < -0.39 is 38.2 Å². The third-order valence-corrected chi connectivity index (χ3v) is 9.15. The fraction of sp³-hybridized carbons (Fsp3) is 0.241. The number of aromatic hydroxyl groups is 2. The number of aliphatic hydroxyl groups excluding tert-OH is 1. The topological polar surface area (TPSA) is 157 Å². The lowest BCUT2D eigenvalue weighted by atomic mass is 9.85. The number of carbonyl (C=O) groups excluding carboxylic acids is 1. The Labute approximate surface area is 250 Å². The third-order valence-electron chi connectivity index (χ3n) is 7.34. The number of hydrogen-bond donors (Lipinski definition) is 4. The minimum Gasteiger partial charge on any atom is -0.507 e. The largest absolute Gasteiger partial charge is 0.507 e. The molecule has 4 aromatic rings. The van der Waals surface area contributed by atoms with Gasteiger partial charge in [-0.1, -0.05) is 23.7 Å². The molecular weight excluding hydrogens is 607 g/mol. The summed E-state index contributed by atoms with van der Waals surface area (Å²) in [5.74, 6) is -1.71. The first-order valence-corrected chi connectivity index (χ1v) is 15.5. The highest BCUT2D eigenvalue weighted by molar-refractivity contribution is 8.13. The number of likely N-dealkylation sites (N-methyl/N-ethyl adjacent to an activating group) is 1. The first-order chi connectivity index (χ1) is 19.8. The smallest absolute Gasteiger partial charge is 0.261 e. The number of halogens is 2. The lowest BCUT2D eigenvalue weighted by Crippen LogP contribution is -2.40. The quantitative estimate of drug-likeness (QED) is 0.229. The molecule has 1 aliphatic rings. The van der Waals surface area contributed by atoms with Crippen molar-refractivity contribution in [1.29, 1.82) is 0 Å². The van der Waals surface area contributed by atoms with Crippen molar-refractivity contribution in [2.75, 3.05) is 20.1 Å². The van der Waals surface area contributed by atoms with Crippen LogP contribution in [0.3, 0.4) is 0 Å². The lowest BCUT2D eigenvalue weighted by Gasteiger charge is -2.34. The number of aliphatic hydroxyl groups is 1. The van der Waals surface area contributed by atoms with E-state index in [1.165, 1.54) is 30.3 Å². The van der Waals surface area contributed by atoms with Crippen molar-refractivity contribution < 1.29 is 32.9 Å². The monoisotopic (exact) mass is 632 g/mol. The molecule has 42 heavy (non-hydrogen) atoms. The zero-order chi connectivity index (χ0) is 30.3. The summed E-state index contributed by atoms with van der Waals surface area (Å²) in [5.41, 5.74) is 0.655. The number of carbonyl (C=O) groups is 1. The molecule has 5 rings (SSSR count). The zero-order valence-corrected chi connectivity index (χ0v) is 24.5. The van der Waals surface area contributed by atoms with E-state index in [0.29, 0.717) is 30.6 Å². The van der Waals surface area contributed by atoms with Crippen molar-refractivity contribution in [3.8, 4) is 22.8 Å². The van der Waals surface area contributed by atoms with E-state index in [2.05, 4.69) is 5.32 Å².